The number of nitrogens with one attached hydrogen (secondary N) is 1. The van der Waals surface area contributed by atoms with Crippen LogP contribution in [-0.2, 0) is 14.8 Å². The molecule has 0 aliphatic carbocycles. The second-order valence-electron chi connectivity index (χ2n) is 4.17. The summed E-state index contributed by atoms with van der Waals surface area (Å²) >= 11 is 0. The van der Waals surface area contributed by atoms with Gasteiger partial charge >= 0.3 is 5.97 Å². The Hall–Kier alpha value is -1.44. The van der Waals surface area contributed by atoms with E-state index in [-0.39, 0.29) is 4.90 Å². The summed E-state index contributed by atoms with van der Waals surface area (Å²) in [5.41, 5.74) is 0.335. The minimum absolute atomic E-state index is 0.196. The standard InChI is InChI=1S/C12H16N2O4S/c1-18-12(15)10-2-4-11(5-3-10)19(16,17)14-8-6-13-7-9-14/h2-5,13H,6-9H2,1H3. The summed E-state index contributed by atoms with van der Waals surface area (Å²) in [5.74, 6) is -0.480. The van der Waals surface area contributed by atoms with Gasteiger partial charge in [-0.1, -0.05) is 0 Å². The van der Waals surface area contributed by atoms with Crippen LogP contribution in [0.3, 0.4) is 0 Å². The second kappa shape index (κ2) is 5.68. The molecule has 0 saturated carbocycles. The van der Waals surface area contributed by atoms with Gasteiger partial charge < -0.3 is 10.1 Å². The summed E-state index contributed by atoms with van der Waals surface area (Å²) in [6, 6.07) is 5.79. The molecule has 2 rings (SSSR count). The normalized spacial score (nSPS) is 17.1. The molecule has 7 heteroatoms. The fourth-order valence-corrected chi connectivity index (χ4v) is 3.36. The molecule has 1 aromatic carbocycles. The number of hydrogen-bond donors (Lipinski definition) is 1. The Bertz CT molecular complexity index is 548. The molecule has 1 fully saturated rings. The average molecular weight is 284 g/mol. The van der Waals surface area contributed by atoms with Gasteiger partial charge in [0.05, 0.1) is 17.6 Å². The van der Waals surface area contributed by atoms with Crippen molar-refractivity contribution in [3.8, 4) is 0 Å². The minimum atomic E-state index is -3.47. The zero-order chi connectivity index (χ0) is 13.9. The van der Waals surface area contributed by atoms with Crippen LogP contribution in [-0.4, -0.2) is 52.0 Å². The molecule has 1 saturated heterocycles. The van der Waals surface area contributed by atoms with Gasteiger partial charge in [0.2, 0.25) is 10.0 Å². The smallest absolute Gasteiger partial charge is 0.337 e. The summed E-state index contributed by atoms with van der Waals surface area (Å²) in [6.45, 7) is 2.22. The molecule has 1 aromatic rings. The molecule has 0 radical (unpaired) electrons. The van der Waals surface area contributed by atoms with Crippen molar-refractivity contribution >= 4 is 16.0 Å². The number of esters is 1. The number of carbonyl (C=O) groups is 1. The third kappa shape index (κ3) is 2.94. The Kier molecular flexibility index (Phi) is 4.18. The molecule has 19 heavy (non-hydrogen) atoms. The van der Waals surface area contributed by atoms with Crippen molar-refractivity contribution in [3.05, 3.63) is 29.8 Å². The van der Waals surface area contributed by atoms with Crippen LogP contribution >= 0.6 is 0 Å². The van der Waals surface area contributed by atoms with Crippen molar-refractivity contribution < 1.29 is 17.9 Å². The molecule has 0 atom stereocenters. The molecule has 0 aromatic heterocycles. The van der Waals surface area contributed by atoms with Gasteiger partial charge in [0, 0.05) is 26.2 Å². The van der Waals surface area contributed by atoms with Crippen LogP contribution in [0.2, 0.25) is 0 Å². The molecule has 0 unspecified atom stereocenters. The number of sulfonamides is 1. The van der Waals surface area contributed by atoms with Crippen molar-refractivity contribution in [1.82, 2.24) is 9.62 Å². The number of methoxy groups -OCH3 is 1. The fourth-order valence-electron chi connectivity index (χ4n) is 1.91. The van der Waals surface area contributed by atoms with E-state index in [4.69, 9.17) is 0 Å². The number of hydrogen-bond acceptors (Lipinski definition) is 5. The van der Waals surface area contributed by atoms with Crippen LogP contribution in [0.5, 0.6) is 0 Å². The minimum Gasteiger partial charge on any atom is -0.465 e. The lowest BCUT2D eigenvalue weighted by Crippen LogP contribution is -2.46. The Labute approximate surface area is 112 Å². The number of rotatable bonds is 3. The summed E-state index contributed by atoms with van der Waals surface area (Å²) in [4.78, 5) is 11.5. The molecule has 104 valence electrons. The van der Waals surface area contributed by atoms with Crippen molar-refractivity contribution in [2.45, 2.75) is 4.90 Å². The second-order valence-corrected chi connectivity index (χ2v) is 6.11. The van der Waals surface area contributed by atoms with Crippen LogP contribution in [0.1, 0.15) is 10.4 Å². The molecule has 6 nitrogen and oxygen atoms in total. The van der Waals surface area contributed by atoms with Gasteiger partial charge in [-0.05, 0) is 24.3 Å². The number of piperazine rings is 1. The molecule has 0 bridgehead atoms. The summed E-state index contributed by atoms with van der Waals surface area (Å²) in [5, 5.41) is 3.10. The Morgan fingerprint density at radius 1 is 1.21 bits per heavy atom. The van der Waals surface area contributed by atoms with Gasteiger partial charge in [-0.25, -0.2) is 13.2 Å². The van der Waals surface area contributed by atoms with Gasteiger partial charge in [-0.2, -0.15) is 4.31 Å². The SMILES string of the molecule is COC(=O)c1ccc(S(=O)(=O)N2CCNCC2)cc1. The van der Waals surface area contributed by atoms with E-state index in [1.54, 1.807) is 0 Å². The maximum atomic E-state index is 12.3. The molecular weight excluding hydrogens is 268 g/mol. The van der Waals surface area contributed by atoms with E-state index < -0.39 is 16.0 Å². The van der Waals surface area contributed by atoms with Gasteiger partial charge in [0.15, 0.2) is 0 Å². The molecular formula is C12H16N2O4S. The first-order valence-corrected chi connectivity index (χ1v) is 7.39. The maximum absolute atomic E-state index is 12.3. The molecule has 0 amide bonds. The Morgan fingerprint density at radius 2 is 1.79 bits per heavy atom. The van der Waals surface area contributed by atoms with E-state index in [0.29, 0.717) is 31.7 Å². The van der Waals surface area contributed by atoms with Crippen LogP contribution in [0.25, 0.3) is 0 Å². The van der Waals surface area contributed by atoms with Crippen molar-refractivity contribution in [2.75, 3.05) is 33.3 Å². The molecule has 1 aliphatic rings. The maximum Gasteiger partial charge on any atom is 0.337 e. The van der Waals surface area contributed by atoms with Crippen LogP contribution in [0.4, 0.5) is 0 Å². The van der Waals surface area contributed by atoms with Crippen molar-refractivity contribution in [2.24, 2.45) is 0 Å². The first-order chi connectivity index (χ1) is 9.05. The largest absolute Gasteiger partial charge is 0.465 e. The van der Waals surface area contributed by atoms with E-state index in [0.717, 1.165) is 0 Å². The van der Waals surface area contributed by atoms with Crippen LogP contribution < -0.4 is 5.32 Å². The van der Waals surface area contributed by atoms with Crippen LogP contribution in [0.15, 0.2) is 29.2 Å². The Morgan fingerprint density at radius 3 is 2.32 bits per heavy atom. The first-order valence-electron chi connectivity index (χ1n) is 5.95. The summed E-state index contributed by atoms with van der Waals surface area (Å²) < 4.78 is 30.7. The third-order valence-electron chi connectivity index (χ3n) is 2.99. The van der Waals surface area contributed by atoms with Crippen LogP contribution in [0, 0.1) is 0 Å². The van der Waals surface area contributed by atoms with Gasteiger partial charge in [0.1, 0.15) is 0 Å². The van der Waals surface area contributed by atoms with E-state index in [2.05, 4.69) is 10.1 Å². The lowest BCUT2D eigenvalue weighted by atomic mass is 10.2. The predicted molar refractivity (Wildman–Crippen MR) is 69.4 cm³/mol. The number of carbonyl (C=O) groups excluding carboxylic acids is 1. The van der Waals surface area contributed by atoms with Gasteiger partial charge in [-0.15, -0.1) is 0 Å². The van der Waals surface area contributed by atoms with Crippen molar-refractivity contribution in [3.63, 3.8) is 0 Å². The topological polar surface area (TPSA) is 75.7 Å². The number of benzene rings is 1. The lowest BCUT2D eigenvalue weighted by molar-refractivity contribution is 0.0600. The zero-order valence-electron chi connectivity index (χ0n) is 10.6. The van der Waals surface area contributed by atoms with E-state index >= 15 is 0 Å². The molecule has 1 aliphatic heterocycles. The van der Waals surface area contributed by atoms with Gasteiger partial charge in [-0.3, -0.25) is 0 Å². The fraction of sp³-hybridized carbons (Fsp3) is 0.417. The molecule has 1 N–H and O–H groups in total. The zero-order valence-corrected chi connectivity index (χ0v) is 11.4. The number of ether oxygens (including phenoxy) is 1. The highest BCUT2D eigenvalue weighted by atomic mass is 32.2. The predicted octanol–water partition coefficient (Wildman–Crippen LogP) is 0.0671. The van der Waals surface area contributed by atoms with E-state index in [1.165, 1.54) is 35.7 Å². The highest BCUT2D eigenvalue weighted by Gasteiger charge is 2.25. The summed E-state index contributed by atoms with van der Waals surface area (Å²) in [7, 11) is -2.18. The number of nitrogens with zero attached hydrogens (tertiary/aromatic N) is 1. The molecule has 0 spiro atoms. The van der Waals surface area contributed by atoms with Crippen molar-refractivity contribution in [1.29, 1.82) is 0 Å². The molecule has 1 heterocycles. The van der Waals surface area contributed by atoms with Gasteiger partial charge in [0.25, 0.3) is 0 Å². The Balaban J connectivity index is 2.23. The highest BCUT2D eigenvalue weighted by molar-refractivity contribution is 7.89. The summed E-state index contributed by atoms with van der Waals surface area (Å²) in [6.07, 6.45) is 0. The third-order valence-corrected chi connectivity index (χ3v) is 4.90. The lowest BCUT2D eigenvalue weighted by Gasteiger charge is -2.26. The van der Waals surface area contributed by atoms with E-state index in [9.17, 15) is 13.2 Å². The highest BCUT2D eigenvalue weighted by Crippen LogP contribution is 2.17. The van der Waals surface area contributed by atoms with E-state index in [1.807, 2.05) is 0 Å². The quantitative estimate of drug-likeness (QED) is 0.795. The average Bonchev–Trinajstić information content (AvgIpc) is 2.47. The first kappa shape index (κ1) is 14.0. The monoisotopic (exact) mass is 284 g/mol.